The van der Waals surface area contributed by atoms with Gasteiger partial charge in [-0.05, 0) is 50.0 Å². The van der Waals surface area contributed by atoms with Crippen LogP contribution in [0.2, 0.25) is 0 Å². The monoisotopic (exact) mass is 442 g/mol. The highest BCUT2D eigenvalue weighted by molar-refractivity contribution is 6.00. The number of nitrogens with zero attached hydrogens (tertiary/aromatic N) is 2. The molecule has 172 valence electrons. The summed E-state index contributed by atoms with van der Waals surface area (Å²) in [5, 5.41) is 17.7. The molecule has 1 fully saturated rings. The highest BCUT2D eigenvalue weighted by atomic mass is 19.1. The number of amides is 1. The van der Waals surface area contributed by atoms with Crippen molar-refractivity contribution in [2.45, 2.75) is 77.9 Å². The van der Waals surface area contributed by atoms with Crippen LogP contribution in [-0.4, -0.2) is 38.7 Å². The lowest BCUT2D eigenvalue weighted by Gasteiger charge is -2.29. The predicted molar refractivity (Wildman–Crippen MR) is 120 cm³/mol. The number of fused-ring (bicyclic) bond motifs is 1. The topological polar surface area (TPSA) is 110 Å². The zero-order valence-electron chi connectivity index (χ0n) is 18.9. The predicted octanol–water partition coefficient (Wildman–Crippen LogP) is 3.54. The second-order valence-electron chi connectivity index (χ2n) is 9.84. The summed E-state index contributed by atoms with van der Waals surface area (Å²) in [5.74, 6) is -1.51. The Morgan fingerprint density at radius 1 is 1.28 bits per heavy atom. The van der Waals surface area contributed by atoms with Crippen LogP contribution in [0.25, 0.3) is 5.69 Å². The van der Waals surface area contributed by atoms with Crippen LogP contribution in [0.5, 0.6) is 0 Å². The first kappa shape index (κ1) is 22.5. The third kappa shape index (κ3) is 4.16. The summed E-state index contributed by atoms with van der Waals surface area (Å²) in [4.78, 5) is 24.9. The van der Waals surface area contributed by atoms with E-state index in [1.54, 1.807) is 10.7 Å². The van der Waals surface area contributed by atoms with Crippen LogP contribution in [0.4, 0.5) is 10.1 Å². The molecule has 2 aromatic rings. The molecule has 4 rings (SSSR count). The van der Waals surface area contributed by atoms with Gasteiger partial charge >= 0.3 is 0 Å². The number of benzene rings is 1. The fraction of sp³-hybridized carbons (Fsp3) is 0.542. The van der Waals surface area contributed by atoms with Crippen LogP contribution in [0, 0.1) is 11.2 Å². The molecule has 7 nitrogen and oxygen atoms in total. The number of aromatic nitrogens is 2. The van der Waals surface area contributed by atoms with Crippen molar-refractivity contribution in [2.75, 3.05) is 5.32 Å². The molecule has 2 aliphatic rings. The summed E-state index contributed by atoms with van der Waals surface area (Å²) >= 11 is 0. The number of hydrogen-bond donors (Lipinski definition) is 3. The Morgan fingerprint density at radius 2 is 1.97 bits per heavy atom. The number of nitrogens with one attached hydrogen (secondary N) is 1. The molecule has 0 unspecified atom stereocenters. The van der Waals surface area contributed by atoms with Crippen molar-refractivity contribution >= 4 is 17.4 Å². The van der Waals surface area contributed by atoms with Crippen molar-refractivity contribution in [3.05, 3.63) is 40.5 Å². The number of aliphatic hydroxyl groups is 1. The number of anilines is 1. The first-order valence-corrected chi connectivity index (χ1v) is 11.3. The second kappa shape index (κ2) is 8.31. The first-order chi connectivity index (χ1) is 15.1. The van der Waals surface area contributed by atoms with E-state index in [9.17, 15) is 14.7 Å². The van der Waals surface area contributed by atoms with Gasteiger partial charge in [0.2, 0.25) is 0 Å². The Labute approximate surface area is 187 Å². The van der Waals surface area contributed by atoms with Crippen LogP contribution in [0.15, 0.2) is 12.1 Å². The van der Waals surface area contributed by atoms with Gasteiger partial charge in [-0.2, -0.15) is 5.10 Å². The van der Waals surface area contributed by atoms with Gasteiger partial charge in [-0.15, -0.1) is 0 Å². The van der Waals surface area contributed by atoms with Gasteiger partial charge in [0, 0.05) is 18.5 Å². The minimum absolute atomic E-state index is 0.00407. The first-order valence-electron chi connectivity index (χ1n) is 11.3. The number of ketones is 1. The summed E-state index contributed by atoms with van der Waals surface area (Å²) in [7, 11) is 0. The third-order valence-corrected chi connectivity index (χ3v) is 6.57. The van der Waals surface area contributed by atoms with Gasteiger partial charge in [0.1, 0.15) is 5.82 Å². The van der Waals surface area contributed by atoms with Crippen molar-refractivity contribution in [3.8, 4) is 5.69 Å². The molecule has 32 heavy (non-hydrogen) atoms. The van der Waals surface area contributed by atoms with Crippen molar-refractivity contribution in [3.63, 3.8) is 0 Å². The van der Waals surface area contributed by atoms with Crippen molar-refractivity contribution < 1.29 is 19.1 Å². The Kier molecular flexibility index (Phi) is 5.83. The van der Waals surface area contributed by atoms with E-state index in [1.807, 2.05) is 20.8 Å². The van der Waals surface area contributed by atoms with Crippen LogP contribution >= 0.6 is 0 Å². The number of aryl methyl sites for hydroxylation is 1. The number of rotatable bonds is 5. The highest BCUT2D eigenvalue weighted by Gasteiger charge is 2.36. The molecule has 0 bridgehead atoms. The number of aliphatic hydroxyl groups excluding tert-OH is 1. The molecular weight excluding hydrogens is 411 g/mol. The summed E-state index contributed by atoms with van der Waals surface area (Å²) < 4.78 is 16.8. The molecule has 0 spiro atoms. The molecule has 1 aromatic heterocycles. The minimum atomic E-state index is -0.847. The summed E-state index contributed by atoms with van der Waals surface area (Å²) in [6.07, 6.45) is 4.09. The van der Waals surface area contributed by atoms with Gasteiger partial charge in [-0.3, -0.25) is 9.59 Å². The molecule has 1 heterocycles. The van der Waals surface area contributed by atoms with E-state index in [-0.39, 0.29) is 28.9 Å². The Morgan fingerprint density at radius 3 is 2.59 bits per heavy atom. The Hall–Kier alpha value is -2.74. The molecule has 1 amide bonds. The van der Waals surface area contributed by atoms with Crippen LogP contribution in [0.1, 0.15) is 85.0 Å². The summed E-state index contributed by atoms with van der Waals surface area (Å²) in [6, 6.07) is 2.95. The summed E-state index contributed by atoms with van der Waals surface area (Å²) in [6.45, 7) is 6.03. The molecule has 2 aliphatic carbocycles. The molecule has 0 atom stereocenters. The molecular formula is C24H31FN4O3. The third-order valence-electron chi connectivity index (χ3n) is 6.57. The van der Waals surface area contributed by atoms with Crippen LogP contribution < -0.4 is 11.1 Å². The average Bonchev–Trinajstić information content (AvgIpc) is 3.06. The Bertz CT molecular complexity index is 1070. The van der Waals surface area contributed by atoms with Crippen LogP contribution in [0.3, 0.4) is 0 Å². The number of Topliss-reactive ketones (excluding diaryl/α,β-unsaturated/α-hetero) is 1. The lowest BCUT2D eigenvalue weighted by Crippen LogP contribution is -2.30. The summed E-state index contributed by atoms with van der Waals surface area (Å²) in [5.41, 5.74) is 7.98. The molecule has 1 saturated carbocycles. The maximum absolute atomic E-state index is 15.1. The van der Waals surface area contributed by atoms with E-state index in [2.05, 4.69) is 10.4 Å². The minimum Gasteiger partial charge on any atom is -0.393 e. The van der Waals surface area contributed by atoms with E-state index in [1.165, 1.54) is 6.07 Å². The van der Waals surface area contributed by atoms with Gasteiger partial charge in [-0.1, -0.05) is 20.8 Å². The van der Waals surface area contributed by atoms with Gasteiger partial charge in [0.25, 0.3) is 5.91 Å². The normalized spacial score (nSPS) is 22.5. The standard InChI is InChI=1S/C24H31FN4O3/c1-4-17-22-19(11-24(2,3)12-20(22)31)29(28-17)14-9-16(25)21(23(26)32)18(10-14)27-13-5-7-15(30)8-6-13/h9-10,13,15,27,30H,4-8,11-12H2,1-3H3,(H2,26,32). The van der Waals surface area contributed by atoms with Gasteiger partial charge in [-0.25, -0.2) is 9.07 Å². The van der Waals surface area contributed by atoms with E-state index in [4.69, 9.17) is 5.73 Å². The SMILES string of the molecule is CCc1nn(-c2cc(F)c(C(N)=O)c(NC3CCC(O)CC3)c2)c2c1C(=O)CC(C)(C)C2. The van der Waals surface area contributed by atoms with Gasteiger partial charge in [0.15, 0.2) is 5.78 Å². The second-order valence-corrected chi connectivity index (χ2v) is 9.84. The zero-order chi connectivity index (χ0) is 23.2. The van der Waals surface area contributed by atoms with Crippen LogP contribution in [-0.2, 0) is 12.8 Å². The number of hydrogen-bond acceptors (Lipinski definition) is 5. The average molecular weight is 443 g/mol. The van der Waals surface area contributed by atoms with Crippen molar-refractivity contribution in [1.29, 1.82) is 0 Å². The molecule has 0 saturated heterocycles. The molecule has 0 aliphatic heterocycles. The molecule has 4 N–H and O–H groups in total. The molecule has 1 aromatic carbocycles. The fourth-order valence-electron chi connectivity index (χ4n) is 5.01. The molecule has 8 heteroatoms. The Balaban J connectivity index is 1.81. The highest BCUT2D eigenvalue weighted by Crippen LogP contribution is 2.38. The van der Waals surface area contributed by atoms with Gasteiger partial charge in [0.05, 0.1) is 40.0 Å². The lowest BCUT2D eigenvalue weighted by molar-refractivity contribution is 0.0909. The quantitative estimate of drug-likeness (QED) is 0.656. The smallest absolute Gasteiger partial charge is 0.253 e. The maximum atomic E-state index is 15.1. The number of nitrogens with two attached hydrogens (primary N) is 1. The largest absolute Gasteiger partial charge is 0.393 e. The van der Waals surface area contributed by atoms with E-state index in [0.29, 0.717) is 67.6 Å². The maximum Gasteiger partial charge on any atom is 0.253 e. The van der Waals surface area contributed by atoms with Gasteiger partial charge < -0.3 is 16.2 Å². The number of carbonyl (C=O) groups is 2. The molecule has 0 radical (unpaired) electrons. The number of halogens is 1. The van der Waals surface area contributed by atoms with Crippen molar-refractivity contribution in [2.24, 2.45) is 11.1 Å². The lowest BCUT2D eigenvalue weighted by atomic mass is 9.75. The van der Waals surface area contributed by atoms with E-state index in [0.717, 1.165) is 5.69 Å². The van der Waals surface area contributed by atoms with Crippen molar-refractivity contribution in [1.82, 2.24) is 9.78 Å². The van der Waals surface area contributed by atoms with E-state index >= 15 is 4.39 Å². The van der Waals surface area contributed by atoms with E-state index < -0.39 is 11.7 Å². The number of carbonyl (C=O) groups excluding carboxylic acids is 2. The zero-order valence-corrected chi connectivity index (χ0v) is 18.9. The fourth-order valence-corrected chi connectivity index (χ4v) is 5.01. The number of primary amides is 1.